The van der Waals surface area contributed by atoms with Crippen molar-refractivity contribution in [1.82, 2.24) is 14.9 Å². The highest BCUT2D eigenvalue weighted by atomic mass is 35.5. The Labute approximate surface area is 143 Å². The second-order valence-corrected chi connectivity index (χ2v) is 5.77. The van der Waals surface area contributed by atoms with Crippen molar-refractivity contribution in [2.45, 2.75) is 19.0 Å². The summed E-state index contributed by atoms with van der Waals surface area (Å²) in [4.78, 5) is 33.2. The van der Waals surface area contributed by atoms with E-state index in [1.807, 2.05) is 0 Å². The van der Waals surface area contributed by atoms with Crippen LogP contribution in [0.2, 0.25) is 5.02 Å². The molecule has 24 heavy (non-hydrogen) atoms. The number of esters is 1. The summed E-state index contributed by atoms with van der Waals surface area (Å²) in [6.07, 6.45) is 1.87. The minimum absolute atomic E-state index is 0.182. The van der Waals surface area contributed by atoms with E-state index in [1.165, 1.54) is 12.0 Å². The minimum Gasteiger partial charge on any atom is -0.484 e. The molecule has 0 saturated heterocycles. The summed E-state index contributed by atoms with van der Waals surface area (Å²) in [5.74, 6) is -0.245. The number of H-pyrrole nitrogens is 1. The molecule has 1 amide bonds. The summed E-state index contributed by atoms with van der Waals surface area (Å²) in [5.41, 5.74) is 1.59. The van der Waals surface area contributed by atoms with Crippen LogP contribution in [0, 0.1) is 0 Å². The first kappa shape index (κ1) is 16.3. The first-order valence-corrected chi connectivity index (χ1v) is 7.73. The van der Waals surface area contributed by atoms with Gasteiger partial charge in [-0.3, -0.25) is 4.79 Å². The molecule has 1 aliphatic heterocycles. The predicted molar refractivity (Wildman–Crippen MR) is 85.6 cm³/mol. The Kier molecular flexibility index (Phi) is 4.71. The standard InChI is InChI=1S/C16H16ClN3O4/c1-23-16(22)14-6-12-13(19-9-18-12)7-20(14)15(21)8-24-11-4-2-10(17)3-5-11/h2-5,9,14H,6-8H2,1H3,(H,18,19). The number of fused-ring (bicyclic) bond motifs is 1. The summed E-state index contributed by atoms with van der Waals surface area (Å²) in [5, 5.41) is 0.585. The van der Waals surface area contributed by atoms with E-state index >= 15 is 0 Å². The number of aromatic amines is 1. The fourth-order valence-electron chi connectivity index (χ4n) is 2.60. The van der Waals surface area contributed by atoms with Gasteiger partial charge in [0.1, 0.15) is 11.8 Å². The molecular formula is C16H16ClN3O4. The van der Waals surface area contributed by atoms with E-state index in [2.05, 4.69) is 9.97 Å². The van der Waals surface area contributed by atoms with Crippen LogP contribution in [0.5, 0.6) is 5.75 Å². The molecule has 1 aromatic heterocycles. The topological polar surface area (TPSA) is 84.5 Å². The lowest BCUT2D eigenvalue weighted by Gasteiger charge is -2.33. The molecule has 0 saturated carbocycles. The number of carbonyl (C=O) groups is 2. The van der Waals surface area contributed by atoms with Crippen molar-refractivity contribution in [3.05, 3.63) is 47.0 Å². The maximum absolute atomic E-state index is 12.5. The van der Waals surface area contributed by atoms with Gasteiger partial charge in [-0.15, -0.1) is 0 Å². The second kappa shape index (κ2) is 6.92. The number of aromatic nitrogens is 2. The number of benzene rings is 1. The number of imidazole rings is 1. The molecule has 1 aliphatic rings. The molecule has 1 N–H and O–H groups in total. The van der Waals surface area contributed by atoms with Gasteiger partial charge in [0.15, 0.2) is 6.61 Å². The van der Waals surface area contributed by atoms with Crippen LogP contribution in [-0.4, -0.2) is 46.5 Å². The van der Waals surface area contributed by atoms with Gasteiger partial charge in [-0.1, -0.05) is 11.6 Å². The van der Waals surface area contributed by atoms with E-state index in [0.717, 1.165) is 11.4 Å². The summed E-state index contributed by atoms with van der Waals surface area (Å²) < 4.78 is 10.3. The van der Waals surface area contributed by atoms with E-state index in [9.17, 15) is 9.59 Å². The number of hydrogen-bond donors (Lipinski definition) is 1. The Morgan fingerprint density at radius 1 is 1.38 bits per heavy atom. The molecule has 1 unspecified atom stereocenters. The van der Waals surface area contributed by atoms with Crippen LogP contribution in [-0.2, 0) is 27.3 Å². The molecule has 1 atom stereocenters. The highest BCUT2D eigenvalue weighted by molar-refractivity contribution is 6.30. The van der Waals surface area contributed by atoms with E-state index in [1.54, 1.807) is 30.6 Å². The number of carbonyl (C=O) groups excluding carboxylic acids is 2. The molecule has 0 spiro atoms. The third kappa shape index (κ3) is 3.35. The van der Waals surface area contributed by atoms with Crippen LogP contribution in [0.25, 0.3) is 0 Å². The van der Waals surface area contributed by atoms with E-state index in [-0.39, 0.29) is 19.1 Å². The normalized spacial score (nSPS) is 16.4. The van der Waals surface area contributed by atoms with Crippen LogP contribution in [0.3, 0.4) is 0 Å². The molecule has 7 nitrogen and oxygen atoms in total. The Balaban J connectivity index is 1.71. The summed E-state index contributed by atoms with van der Waals surface area (Å²) >= 11 is 5.81. The quantitative estimate of drug-likeness (QED) is 0.847. The molecule has 2 aromatic rings. The number of nitrogens with zero attached hydrogens (tertiary/aromatic N) is 2. The monoisotopic (exact) mass is 349 g/mol. The maximum atomic E-state index is 12.5. The Morgan fingerprint density at radius 3 is 2.83 bits per heavy atom. The number of amides is 1. The number of nitrogens with one attached hydrogen (secondary N) is 1. The van der Waals surface area contributed by atoms with E-state index < -0.39 is 12.0 Å². The van der Waals surface area contributed by atoms with Gasteiger partial charge in [0.2, 0.25) is 0 Å². The average molecular weight is 350 g/mol. The highest BCUT2D eigenvalue weighted by Gasteiger charge is 2.36. The van der Waals surface area contributed by atoms with Crippen molar-refractivity contribution >= 4 is 23.5 Å². The average Bonchev–Trinajstić information content (AvgIpc) is 3.06. The van der Waals surface area contributed by atoms with Crippen molar-refractivity contribution in [2.24, 2.45) is 0 Å². The molecule has 8 heteroatoms. The molecule has 0 aliphatic carbocycles. The number of rotatable bonds is 4. The Morgan fingerprint density at radius 2 is 2.12 bits per heavy atom. The molecule has 0 fully saturated rings. The number of methoxy groups -OCH3 is 1. The summed E-state index contributed by atoms with van der Waals surface area (Å²) in [7, 11) is 1.30. The zero-order chi connectivity index (χ0) is 17.1. The van der Waals surface area contributed by atoms with Gasteiger partial charge in [0.25, 0.3) is 5.91 Å². The zero-order valence-electron chi connectivity index (χ0n) is 13.0. The summed E-state index contributed by atoms with van der Waals surface area (Å²) in [6.45, 7) is 0.0799. The molecule has 1 aromatic carbocycles. The lowest BCUT2D eigenvalue weighted by atomic mass is 10.0. The zero-order valence-corrected chi connectivity index (χ0v) is 13.7. The lowest BCUT2D eigenvalue weighted by molar-refractivity contribution is -0.154. The van der Waals surface area contributed by atoms with E-state index in [4.69, 9.17) is 21.1 Å². The van der Waals surface area contributed by atoms with Crippen molar-refractivity contribution in [2.75, 3.05) is 13.7 Å². The molecule has 0 bridgehead atoms. The van der Waals surface area contributed by atoms with Gasteiger partial charge < -0.3 is 19.4 Å². The lowest BCUT2D eigenvalue weighted by Crippen LogP contribution is -2.50. The predicted octanol–water partition coefficient (Wildman–Crippen LogP) is 1.57. The van der Waals surface area contributed by atoms with Crippen molar-refractivity contribution < 1.29 is 19.1 Å². The third-order valence-electron chi connectivity index (χ3n) is 3.87. The fourth-order valence-corrected chi connectivity index (χ4v) is 2.73. The summed E-state index contributed by atoms with van der Waals surface area (Å²) in [6, 6.07) is 6.01. The minimum atomic E-state index is -0.702. The van der Waals surface area contributed by atoms with Crippen LogP contribution < -0.4 is 4.74 Å². The number of halogens is 1. The SMILES string of the molecule is COC(=O)C1Cc2nc[nH]c2CN1C(=O)COc1ccc(Cl)cc1. The van der Waals surface area contributed by atoms with Gasteiger partial charge in [0, 0.05) is 11.4 Å². The van der Waals surface area contributed by atoms with Crippen LogP contribution >= 0.6 is 11.6 Å². The van der Waals surface area contributed by atoms with Gasteiger partial charge in [-0.25, -0.2) is 9.78 Å². The van der Waals surface area contributed by atoms with Gasteiger partial charge in [-0.05, 0) is 24.3 Å². The molecular weight excluding hydrogens is 334 g/mol. The third-order valence-corrected chi connectivity index (χ3v) is 4.12. The highest BCUT2D eigenvalue weighted by Crippen LogP contribution is 2.22. The second-order valence-electron chi connectivity index (χ2n) is 5.34. The van der Waals surface area contributed by atoms with Crippen molar-refractivity contribution in [1.29, 1.82) is 0 Å². The number of hydrogen-bond acceptors (Lipinski definition) is 5. The molecule has 2 heterocycles. The molecule has 126 valence electrons. The van der Waals surface area contributed by atoms with E-state index in [0.29, 0.717) is 17.2 Å². The largest absolute Gasteiger partial charge is 0.484 e. The van der Waals surface area contributed by atoms with Crippen LogP contribution in [0.4, 0.5) is 0 Å². The van der Waals surface area contributed by atoms with Crippen LogP contribution in [0.1, 0.15) is 11.4 Å². The Bertz CT molecular complexity index is 744. The first-order valence-electron chi connectivity index (χ1n) is 7.35. The Hall–Kier alpha value is -2.54. The van der Waals surface area contributed by atoms with Gasteiger partial charge in [0.05, 0.1) is 31.4 Å². The van der Waals surface area contributed by atoms with Gasteiger partial charge in [-0.2, -0.15) is 0 Å². The fraction of sp³-hybridized carbons (Fsp3) is 0.312. The number of ether oxygens (including phenoxy) is 2. The molecule has 0 radical (unpaired) electrons. The van der Waals surface area contributed by atoms with Gasteiger partial charge >= 0.3 is 5.97 Å². The molecule has 3 rings (SSSR count). The van der Waals surface area contributed by atoms with Crippen molar-refractivity contribution in [3.8, 4) is 5.75 Å². The van der Waals surface area contributed by atoms with Crippen LogP contribution in [0.15, 0.2) is 30.6 Å². The maximum Gasteiger partial charge on any atom is 0.329 e. The first-order chi connectivity index (χ1) is 11.6. The smallest absolute Gasteiger partial charge is 0.329 e. The van der Waals surface area contributed by atoms with Crippen molar-refractivity contribution in [3.63, 3.8) is 0 Å².